The first-order valence-corrected chi connectivity index (χ1v) is 5.59. The maximum absolute atomic E-state index is 11.3. The van der Waals surface area contributed by atoms with Crippen LogP contribution >= 0.6 is 15.9 Å². The lowest BCUT2D eigenvalue weighted by molar-refractivity contribution is -0.125. The zero-order chi connectivity index (χ0) is 10.3. The molecule has 0 aliphatic carbocycles. The number of ketones is 1. The third-order valence-corrected chi connectivity index (χ3v) is 2.30. The Morgan fingerprint density at radius 3 is 2.46 bits per heavy atom. The smallest absolute Gasteiger partial charge is 0.217 e. The topological polar surface area (TPSA) is 46.2 Å². The largest absolute Gasteiger partial charge is 0.347 e. The average molecular weight is 250 g/mol. The molecule has 4 heteroatoms. The van der Waals surface area contributed by atoms with Crippen LogP contribution in [0.25, 0.3) is 0 Å². The summed E-state index contributed by atoms with van der Waals surface area (Å²) in [7, 11) is 0. The first-order valence-electron chi connectivity index (χ1n) is 4.47. The van der Waals surface area contributed by atoms with E-state index in [0.717, 1.165) is 19.3 Å². The highest BCUT2D eigenvalue weighted by atomic mass is 79.9. The van der Waals surface area contributed by atoms with E-state index in [9.17, 15) is 9.59 Å². The van der Waals surface area contributed by atoms with Crippen LogP contribution in [0.3, 0.4) is 0 Å². The average Bonchev–Trinajstić information content (AvgIpc) is 2.10. The van der Waals surface area contributed by atoms with Crippen molar-refractivity contribution in [2.75, 3.05) is 5.33 Å². The van der Waals surface area contributed by atoms with Crippen LogP contribution < -0.4 is 5.32 Å². The Morgan fingerprint density at radius 2 is 2.08 bits per heavy atom. The number of carbonyl (C=O) groups is 2. The lowest BCUT2D eigenvalue weighted by Crippen LogP contribution is -2.40. The molecule has 0 spiro atoms. The molecule has 0 saturated carbocycles. The Bertz CT molecular complexity index is 182. The lowest BCUT2D eigenvalue weighted by atomic mass is 10.1. The molecule has 76 valence electrons. The molecule has 0 aromatic carbocycles. The van der Waals surface area contributed by atoms with Gasteiger partial charge in [-0.1, -0.05) is 35.7 Å². The minimum atomic E-state index is -0.308. The van der Waals surface area contributed by atoms with E-state index in [1.54, 1.807) is 0 Å². The van der Waals surface area contributed by atoms with Crippen molar-refractivity contribution in [3.8, 4) is 0 Å². The maximum Gasteiger partial charge on any atom is 0.217 e. The molecule has 3 nitrogen and oxygen atoms in total. The second kappa shape index (κ2) is 7.06. The molecule has 0 aliphatic heterocycles. The standard InChI is InChI=1S/C9H16BrNO2/c1-3-4-5-8(9(13)6-10)11-7(2)12/h8H,3-6H2,1-2H3,(H,11,12). The molecule has 1 N–H and O–H groups in total. The third kappa shape index (κ3) is 5.80. The highest BCUT2D eigenvalue weighted by molar-refractivity contribution is 9.09. The fourth-order valence-electron chi connectivity index (χ4n) is 1.06. The van der Waals surface area contributed by atoms with Gasteiger partial charge in [-0.05, 0) is 6.42 Å². The summed E-state index contributed by atoms with van der Waals surface area (Å²) < 4.78 is 0. The molecular formula is C9H16BrNO2. The Hall–Kier alpha value is -0.380. The number of alkyl halides is 1. The van der Waals surface area contributed by atoms with E-state index >= 15 is 0 Å². The van der Waals surface area contributed by atoms with Crippen molar-refractivity contribution in [1.82, 2.24) is 5.32 Å². The molecule has 0 fully saturated rings. The SMILES string of the molecule is CCCCC(NC(C)=O)C(=O)CBr. The number of rotatable bonds is 6. The van der Waals surface area contributed by atoms with Crippen molar-refractivity contribution < 1.29 is 9.59 Å². The molecule has 0 aromatic heterocycles. The van der Waals surface area contributed by atoms with E-state index in [-0.39, 0.29) is 17.7 Å². The van der Waals surface area contributed by atoms with Crippen molar-refractivity contribution in [3.05, 3.63) is 0 Å². The lowest BCUT2D eigenvalue weighted by Gasteiger charge is -2.14. The van der Waals surface area contributed by atoms with Gasteiger partial charge in [-0.25, -0.2) is 0 Å². The Kier molecular flexibility index (Phi) is 6.86. The first-order chi connectivity index (χ1) is 6.11. The van der Waals surface area contributed by atoms with E-state index in [4.69, 9.17) is 0 Å². The van der Waals surface area contributed by atoms with Crippen molar-refractivity contribution in [2.45, 2.75) is 39.2 Å². The second-order valence-electron chi connectivity index (χ2n) is 3.00. The van der Waals surface area contributed by atoms with Crippen LogP contribution in [-0.4, -0.2) is 23.1 Å². The molecule has 0 aliphatic rings. The molecule has 0 aromatic rings. The number of nitrogens with one attached hydrogen (secondary N) is 1. The number of halogens is 1. The van der Waals surface area contributed by atoms with Crippen molar-refractivity contribution >= 4 is 27.6 Å². The summed E-state index contributed by atoms with van der Waals surface area (Å²) in [5.41, 5.74) is 0. The Labute approximate surface area is 87.4 Å². The predicted octanol–water partition coefficient (Wildman–Crippen LogP) is 1.65. The molecule has 13 heavy (non-hydrogen) atoms. The van der Waals surface area contributed by atoms with E-state index in [1.807, 2.05) is 0 Å². The van der Waals surface area contributed by atoms with Crippen LogP contribution in [0.1, 0.15) is 33.1 Å². The van der Waals surface area contributed by atoms with Gasteiger partial charge in [0.1, 0.15) is 0 Å². The van der Waals surface area contributed by atoms with E-state index in [0.29, 0.717) is 5.33 Å². The van der Waals surface area contributed by atoms with Gasteiger partial charge in [0, 0.05) is 6.92 Å². The van der Waals surface area contributed by atoms with Gasteiger partial charge < -0.3 is 5.32 Å². The number of carbonyl (C=O) groups excluding carboxylic acids is 2. The third-order valence-electron chi connectivity index (χ3n) is 1.74. The number of Topliss-reactive ketones (excluding diaryl/α,β-unsaturated/α-hetero) is 1. The highest BCUT2D eigenvalue weighted by Crippen LogP contribution is 2.03. The molecule has 0 radical (unpaired) electrons. The summed E-state index contributed by atoms with van der Waals surface area (Å²) in [5.74, 6) is -0.0981. The molecule has 1 atom stereocenters. The van der Waals surface area contributed by atoms with Crippen LogP contribution in [0.2, 0.25) is 0 Å². The van der Waals surface area contributed by atoms with Crippen LogP contribution in [0.4, 0.5) is 0 Å². The predicted molar refractivity (Wildman–Crippen MR) is 55.9 cm³/mol. The van der Waals surface area contributed by atoms with Gasteiger partial charge >= 0.3 is 0 Å². The molecule has 1 unspecified atom stereocenters. The normalized spacial score (nSPS) is 12.2. The first kappa shape index (κ1) is 12.6. The summed E-state index contributed by atoms with van der Waals surface area (Å²) in [4.78, 5) is 22.1. The van der Waals surface area contributed by atoms with E-state index < -0.39 is 0 Å². The van der Waals surface area contributed by atoms with Gasteiger partial charge in [0.25, 0.3) is 0 Å². The monoisotopic (exact) mass is 249 g/mol. The second-order valence-corrected chi connectivity index (χ2v) is 3.56. The molecular weight excluding hydrogens is 234 g/mol. The van der Waals surface area contributed by atoms with Crippen LogP contribution in [0.15, 0.2) is 0 Å². The maximum atomic E-state index is 11.3. The number of unbranched alkanes of at least 4 members (excludes halogenated alkanes) is 1. The highest BCUT2D eigenvalue weighted by Gasteiger charge is 2.16. The van der Waals surface area contributed by atoms with Gasteiger partial charge in [-0.3, -0.25) is 9.59 Å². The van der Waals surface area contributed by atoms with Gasteiger partial charge in [-0.15, -0.1) is 0 Å². The van der Waals surface area contributed by atoms with Gasteiger partial charge in [0.15, 0.2) is 5.78 Å². The number of amides is 1. The molecule has 0 heterocycles. The Morgan fingerprint density at radius 1 is 1.46 bits per heavy atom. The van der Waals surface area contributed by atoms with Gasteiger partial charge in [0.2, 0.25) is 5.91 Å². The quantitative estimate of drug-likeness (QED) is 0.728. The number of hydrogen-bond acceptors (Lipinski definition) is 2. The van der Waals surface area contributed by atoms with Crippen molar-refractivity contribution in [2.24, 2.45) is 0 Å². The molecule has 0 rings (SSSR count). The molecule has 0 bridgehead atoms. The van der Waals surface area contributed by atoms with Gasteiger partial charge in [0.05, 0.1) is 11.4 Å². The summed E-state index contributed by atoms with van der Waals surface area (Å²) in [6, 6.07) is -0.308. The summed E-state index contributed by atoms with van der Waals surface area (Å²) in [6.07, 6.45) is 2.73. The summed E-state index contributed by atoms with van der Waals surface area (Å²) in [5, 5.41) is 2.95. The number of hydrogen-bond donors (Lipinski definition) is 1. The summed E-state index contributed by atoms with van der Waals surface area (Å²) >= 11 is 3.10. The fraction of sp³-hybridized carbons (Fsp3) is 0.778. The van der Waals surface area contributed by atoms with Crippen LogP contribution in [0.5, 0.6) is 0 Å². The van der Waals surface area contributed by atoms with E-state index in [1.165, 1.54) is 6.92 Å². The minimum Gasteiger partial charge on any atom is -0.347 e. The summed E-state index contributed by atoms with van der Waals surface area (Å²) in [6.45, 7) is 3.49. The van der Waals surface area contributed by atoms with Crippen molar-refractivity contribution in [1.29, 1.82) is 0 Å². The van der Waals surface area contributed by atoms with Crippen LogP contribution in [-0.2, 0) is 9.59 Å². The molecule has 1 amide bonds. The Balaban J connectivity index is 4.02. The van der Waals surface area contributed by atoms with Crippen molar-refractivity contribution in [3.63, 3.8) is 0 Å². The van der Waals surface area contributed by atoms with Gasteiger partial charge in [-0.2, -0.15) is 0 Å². The zero-order valence-electron chi connectivity index (χ0n) is 8.10. The van der Waals surface area contributed by atoms with E-state index in [2.05, 4.69) is 28.2 Å². The zero-order valence-corrected chi connectivity index (χ0v) is 9.69. The minimum absolute atomic E-state index is 0.0450. The fourth-order valence-corrected chi connectivity index (χ4v) is 1.45. The molecule has 0 saturated heterocycles. The van der Waals surface area contributed by atoms with Crippen LogP contribution in [0, 0.1) is 0 Å².